The topological polar surface area (TPSA) is 97.4 Å². The quantitative estimate of drug-likeness (QED) is 0.360. The van der Waals surface area contributed by atoms with Crippen molar-refractivity contribution < 1.29 is 17.9 Å². The standard InChI is InChI=1S/C22H19N3O4S3/c1-15-23-17(14-31-15)13-29-18-7-4-6-16(12-18)22(26)24-19-8-2-3-9-20(19)25-32(27,28)21-10-5-11-30-21/h2-12,14,25H,13H2,1H3,(H,24,26). The predicted octanol–water partition coefficient (Wildman–Crippen LogP) is 5.15. The molecule has 4 rings (SSSR count). The molecule has 0 fully saturated rings. The Balaban J connectivity index is 1.47. The Morgan fingerprint density at radius 2 is 1.84 bits per heavy atom. The van der Waals surface area contributed by atoms with Crippen LogP contribution < -0.4 is 14.8 Å². The van der Waals surface area contributed by atoms with E-state index in [2.05, 4.69) is 15.0 Å². The van der Waals surface area contributed by atoms with Crippen LogP contribution in [0.15, 0.2) is 75.6 Å². The Bertz CT molecular complexity index is 1330. The van der Waals surface area contributed by atoms with Crippen molar-refractivity contribution in [3.05, 3.63) is 87.7 Å². The van der Waals surface area contributed by atoms with E-state index in [1.54, 1.807) is 71.3 Å². The highest BCUT2D eigenvalue weighted by molar-refractivity contribution is 7.94. The van der Waals surface area contributed by atoms with E-state index in [9.17, 15) is 13.2 Å². The molecule has 164 valence electrons. The Hall–Kier alpha value is -3.21. The molecule has 0 unspecified atom stereocenters. The number of sulfonamides is 1. The van der Waals surface area contributed by atoms with Crippen LogP contribution in [0.3, 0.4) is 0 Å². The van der Waals surface area contributed by atoms with Gasteiger partial charge in [0.15, 0.2) is 0 Å². The van der Waals surface area contributed by atoms with Crippen molar-refractivity contribution in [1.82, 2.24) is 4.98 Å². The highest BCUT2D eigenvalue weighted by atomic mass is 32.2. The number of aromatic nitrogens is 1. The van der Waals surface area contributed by atoms with Gasteiger partial charge in [0.2, 0.25) is 0 Å². The van der Waals surface area contributed by atoms with Gasteiger partial charge in [0.1, 0.15) is 16.6 Å². The summed E-state index contributed by atoms with van der Waals surface area (Å²) >= 11 is 2.67. The second-order valence-corrected chi connectivity index (χ2v) is 10.6. The first kappa shape index (κ1) is 22.0. The second-order valence-electron chi connectivity index (χ2n) is 6.71. The van der Waals surface area contributed by atoms with Crippen molar-refractivity contribution in [3.8, 4) is 5.75 Å². The van der Waals surface area contributed by atoms with Gasteiger partial charge in [-0.25, -0.2) is 13.4 Å². The lowest BCUT2D eigenvalue weighted by atomic mass is 10.2. The van der Waals surface area contributed by atoms with Crippen molar-refractivity contribution in [2.45, 2.75) is 17.7 Å². The van der Waals surface area contributed by atoms with Crippen LogP contribution in [0.4, 0.5) is 11.4 Å². The summed E-state index contributed by atoms with van der Waals surface area (Å²) in [5.41, 5.74) is 1.84. The summed E-state index contributed by atoms with van der Waals surface area (Å²) in [6.07, 6.45) is 0. The summed E-state index contributed by atoms with van der Waals surface area (Å²) in [7, 11) is -3.74. The average Bonchev–Trinajstić information content (AvgIpc) is 3.46. The first-order chi connectivity index (χ1) is 15.4. The van der Waals surface area contributed by atoms with Gasteiger partial charge in [0.05, 0.1) is 22.1 Å². The van der Waals surface area contributed by atoms with E-state index in [0.717, 1.165) is 22.0 Å². The van der Waals surface area contributed by atoms with Crippen molar-refractivity contribution in [2.75, 3.05) is 10.0 Å². The largest absolute Gasteiger partial charge is 0.487 e. The molecule has 0 bridgehead atoms. The van der Waals surface area contributed by atoms with Crippen LogP contribution >= 0.6 is 22.7 Å². The smallest absolute Gasteiger partial charge is 0.271 e. The molecule has 0 aliphatic rings. The zero-order valence-corrected chi connectivity index (χ0v) is 19.4. The van der Waals surface area contributed by atoms with Crippen molar-refractivity contribution in [2.24, 2.45) is 0 Å². The number of carbonyl (C=O) groups excluding carboxylic acids is 1. The molecule has 0 saturated heterocycles. The molecule has 10 heteroatoms. The fourth-order valence-electron chi connectivity index (χ4n) is 2.85. The minimum absolute atomic E-state index is 0.193. The van der Waals surface area contributed by atoms with Crippen molar-refractivity contribution >= 4 is 50.0 Å². The predicted molar refractivity (Wildman–Crippen MR) is 127 cm³/mol. The van der Waals surface area contributed by atoms with Crippen molar-refractivity contribution in [1.29, 1.82) is 0 Å². The Kier molecular flexibility index (Phi) is 6.54. The summed E-state index contributed by atoms with van der Waals surface area (Å²) in [6.45, 7) is 2.24. The summed E-state index contributed by atoms with van der Waals surface area (Å²) in [5.74, 6) is 0.151. The van der Waals surface area contributed by atoms with Gasteiger partial charge in [-0.15, -0.1) is 22.7 Å². The number of hydrogen-bond donors (Lipinski definition) is 2. The lowest BCUT2D eigenvalue weighted by molar-refractivity contribution is 0.102. The molecule has 0 aliphatic heterocycles. The van der Waals surface area contributed by atoms with Crippen LogP contribution in [0.25, 0.3) is 0 Å². The number of nitrogens with zero attached hydrogens (tertiary/aromatic N) is 1. The number of aryl methyl sites for hydroxylation is 1. The van der Waals surface area contributed by atoms with E-state index in [1.165, 1.54) is 6.07 Å². The molecule has 7 nitrogen and oxygen atoms in total. The number of hydrogen-bond acceptors (Lipinski definition) is 7. The minimum atomic E-state index is -3.74. The van der Waals surface area contributed by atoms with Gasteiger partial charge >= 0.3 is 0 Å². The molecule has 0 saturated carbocycles. The number of thiophene rings is 1. The number of amides is 1. The molecule has 1 amide bonds. The molecule has 0 atom stereocenters. The maximum absolute atomic E-state index is 12.8. The molecule has 32 heavy (non-hydrogen) atoms. The molecule has 0 aliphatic carbocycles. The third-order valence-electron chi connectivity index (χ3n) is 4.33. The van der Waals surface area contributed by atoms with E-state index >= 15 is 0 Å². The molecular weight excluding hydrogens is 466 g/mol. The lowest BCUT2D eigenvalue weighted by Gasteiger charge is -2.13. The zero-order valence-electron chi connectivity index (χ0n) is 16.9. The number of anilines is 2. The number of rotatable bonds is 8. The molecule has 2 aromatic carbocycles. The van der Waals surface area contributed by atoms with E-state index < -0.39 is 10.0 Å². The molecule has 2 N–H and O–H groups in total. The highest BCUT2D eigenvalue weighted by Gasteiger charge is 2.18. The average molecular weight is 486 g/mol. The normalized spacial score (nSPS) is 11.2. The Labute approximate surface area is 193 Å². The number of ether oxygens (including phenoxy) is 1. The molecular formula is C22H19N3O4S3. The van der Waals surface area contributed by atoms with Gasteiger partial charge in [-0.2, -0.15) is 0 Å². The second kappa shape index (κ2) is 9.51. The third-order valence-corrected chi connectivity index (χ3v) is 7.91. The van der Waals surface area contributed by atoms with Crippen LogP contribution in [0.1, 0.15) is 21.1 Å². The lowest BCUT2D eigenvalue weighted by Crippen LogP contribution is -2.16. The fourth-order valence-corrected chi connectivity index (χ4v) is 5.52. The van der Waals surface area contributed by atoms with E-state index in [4.69, 9.17) is 4.74 Å². The summed E-state index contributed by atoms with van der Waals surface area (Å²) < 4.78 is 33.6. The fraction of sp³-hybridized carbons (Fsp3) is 0.0909. The Morgan fingerprint density at radius 1 is 1.03 bits per heavy atom. The summed E-state index contributed by atoms with van der Waals surface area (Å²) in [5, 5.41) is 7.35. The van der Waals surface area contributed by atoms with Crippen molar-refractivity contribution in [3.63, 3.8) is 0 Å². The number of benzene rings is 2. The summed E-state index contributed by atoms with van der Waals surface area (Å²) in [4.78, 5) is 17.2. The SMILES string of the molecule is Cc1nc(COc2cccc(C(=O)Nc3ccccc3NS(=O)(=O)c3cccs3)c2)cs1. The third kappa shape index (κ3) is 5.34. The van der Waals surface area contributed by atoms with Gasteiger partial charge in [0.25, 0.3) is 15.9 Å². The molecule has 0 spiro atoms. The Morgan fingerprint density at radius 3 is 2.56 bits per heavy atom. The van der Waals surface area contributed by atoms with Crippen LogP contribution in [-0.4, -0.2) is 19.3 Å². The van der Waals surface area contributed by atoms with Crippen LogP contribution in [-0.2, 0) is 16.6 Å². The number of para-hydroxylation sites is 2. The first-order valence-corrected chi connectivity index (χ1v) is 12.8. The molecule has 4 aromatic rings. The van der Waals surface area contributed by atoms with Gasteiger partial charge in [-0.3, -0.25) is 9.52 Å². The van der Waals surface area contributed by atoms with E-state index in [0.29, 0.717) is 23.6 Å². The van der Waals surface area contributed by atoms with Gasteiger partial charge < -0.3 is 10.1 Å². The zero-order chi connectivity index (χ0) is 22.6. The van der Waals surface area contributed by atoms with Crippen LogP contribution in [0.5, 0.6) is 5.75 Å². The van der Waals surface area contributed by atoms with E-state index in [-0.39, 0.29) is 15.8 Å². The first-order valence-electron chi connectivity index (χ1n) is 9.51. The molecule has 2 aromatic heterocycles. The molecule has 0 radical (unpaired) electrons. The highest BCUT2D eigenvalue weighted by Crippen LogP contribution is 2.27. The van der Waals surface area contributed by atoms with Gasteiger partial charge in [-0.05, 0) is 48.7 Å². The minimum Gasteiger partial charge on any atom is -0.487 e. The van der Waals surface area contributed by atoms with Gasteiger partial charge in [0, 0.05) is 10.9 Å². The van der Waals surface area contributed by atoms with Crippen LogP contribution in [0.2, 0.25) is 0 Å². The summed E-state index contributed by atoms with van der Waals surface area (Å²) in [6, 6.07) is 16.6. The number of carbonyl (C=O) groups is 1. The molecule has 2 heterocycles. The number of thiazole rings is 1. The maximum Gasteiger partial charge on any atom is 0.271 e. The van der Waals surface area contributed by atoms with Crippen LogP contribution in [0, 0.1) is 6.92 Å². The monoisotopic (exact) mass is 485 g/mol. The maximum atomic E-state index is 12.8. The number of nitrogens with one attached hydrogen (secondary N) is 2. The van der Waals surface area contributed by atoms with Gasteiger partial charge in [-0.1, -0.05) is 24.3 Å². The van der Waals surface area contributed by atoms with E-state index in [1.807, 2.05) is 12.3 Å².